The van der Waals surface area contributed by atoms with Crippen molar-refractivity contribution in [2.75, 3.05) is 6.61 Å². The highest BCUT2D eigenvalue weighted by atomic mass is 16.5. The molecule has 1 saturated heterocycles. The molecule has 30 heavy (non-hydrogen) atoms. The minimum Gasteiger partial charge on any atom is -0.507 e. The Kier molecular flexibility index (Phi) is 5.84. The molecule has 6 nitrogen and oxygen atoms in total. The molecule has 1 aliphatic carbocycles. The van der Waals surface area contributed by atoms with Crippen LogP contribution in [0, 0.1) is 0 Å². The molecule has 6 heteroatoms. The van der Waals surface area contributed by atoms with Gasteiger partial charge in [-0.1, -0.05) is 38.0 Å². The first-order chi connectivity index (χ1) is 14.6. The van der Waals surface area contributed by atoms with Gasteiger partial charge in [-0.15, -0.1) is 0 Å². The quantitative estimate of drug-likeness (QED) is 0.441. The van der Waals surface area contributed by atoms with E-state index < -0.39 is 17.7 Å². The summed E-state index contributed by atoms with van der Waals surface area (Å²) in [5.41, 5.74) is 1.13. The Balaban J connectivity index is 1.81. The highest BCUT2D eigenvalue weighted by Crippen LogP contribution is 2.42. The second-order valence-electron chi connectivity index (χ2n) is 7.78. The number of pyridine rings is 1. The third-order valence-corrected chi connectivity index (χ3v) is 5.75. The minimum atomic E-state index is -0.686. The molecule has 1 amide bonds. The summed E-state index contributed by atoms with van der Waals surface area (Å²) >= 11 is 0. The summed E-state index contributed by atoms with van der Waals surface area (Å²) in [5.74, 6) is -0.792. The van der Waals surface area contributed by atoms with Crippen LogP contribution in [0.5, 0.6) is 5.75 Å². The van der Waals surface area contributed by atoms with Gasteiger partial charge in [-0.05, 0) is 43.5 Å². The van der Waals surface area contributed by atoms with Crippen molar-refractivity contribution in [1.29, 1.82) is 0 Å². The van der Waals surface area contributed by atoms with E-state index in [1.807, 2.05) is 13.0 Å². The first-order valence-electron chi connectivity index (χ1n) is 10.6. The molecule has 1 atom stereocenters. The van der Waals surface area contributed by atoms with Crippen LogP contribution in [-0.2, 0) is 9.59 Å². The fourth-order valence-corrected chi connectivity index (χ4v) is 4.35. The zero-order valence-electron chi connectivity index (χ0n) is 17.1. The SMILES string of the molecule is CCCOc1cccc(/C(O)=C2/C(=O)C(=O)N(C3CCCC3)C2c2ccccn2)c1. The van der Waals surface area contributed by atoms with Crippen LogP contribution in [0.2, 0.25) is 0 Å². The van der Waals surface area contributed by atoms with Gasteiger partial charge in [0, 0.05) is 17.8 Å². The molecule has 0 radical (unpaired) electrons. The molecule has 0 bridgehead atoms. The molecule has 1 saturated carbocycles. The number of carbonyl (C=O) groups is 2. The van der Waals surface area contributed by atoms with E-state index in [9.17, 15) is 14.7 Å². The van der Waals surface area contributed by atoms with Crippen LogP contribution in [0.25, 0.3) is 5.76 Å². The van der Waals surface area contributed by atoms with Crippen molar-refractivity contribution in [1.82, 2.24) is 9.88 Å². The first kappa shape index (κ1) is 20.1. The average molecular weight is 406 g/mol. The summed E-state index contributed by atoms with van der Waals surface area (Å²) in [5, 5.41) is 11.1. The van der Waals surface area contributed by atoms with E-state index in [0.29, 0.717) is 23.6 Å². The van der Waals surface area contributed by atoms with Gasteiger partial charge < -0.3 is 14.7 Å². The number of hydrogen-bond acceptors (Lipinski definition) is 5. The van der Waals surface area contributed by atoms with Crippen LogP contribution in [0.3, 0.4) is 0 Å². The van der Waals surface area contributed by atoms with Gasteiger partial charge in [-0.25, -0.2) is 0 Å². The van der Waals surface area contributed by atoms with Crippen LogP contribution in [-0.4, -0.2) is 39.3 Å². The Hall–Kier alpha value is -3.15. The van der Waals surface area contributed by atoms with Crippen molar-refractivity contribution in [2.45, 2.75) is 51.1 Å². The highest BCUT2D eigenvalue weighted by molar-refractivity contribution is 6.46. The minimum absolute atomic E-state index is 0.0158. The molecule has 2 aromatic rings. The number of carbonyl (C=O) groups excluding carboxylic acids is 2. The van der Waals surface area contributed by atoms with E-state index in [4.69, 9.17) is 4.74 Å². The van der Waals surface area contributed by atoms with Crippen molar-refractivity contribution >= 4 is 17.4 Å². The lowest BCUT2D eigenvalue weighted by atomic mass is 9.97. The third kappa shape index (κ3) is 3.70. The predicted molar refractivity (Wildman–Crippen MR) is 113 cm³/mol. The van der Waals surface area contributed by atoms with Crippen molar-refractivity contribution in [2.24, 2.45) is 0 Å². The Morgan fingerprint density at radius 1 is 1.17 bits per heavy atom. The third-order valence-electron chi connectivity index (χ3n) is 5.75. The number of nitrogens with zero attached hydrogens (tertiary/aromatic N) is 2. The molecule has 2 aliphatic rings. The lowest BCUT2D eigenvalue weighted by Crippen LogP contribution is -2.37. The molecule has 4 rings (SSSR count). The molecule has 1 aromatic carbocycles. The van der Waals surface area contributed by atoms with E-state index in [0.717, 1.165) is 32.1 Å². The maximum absolute atomic E-state index is 13.1. The first-order valence-corrected chi connectivity index (χ1v) is 10.6. The number of amides is 1. The maximum atomic E-state index is 13.1. The number of hydrogen-bond donors (Lipinski definition) is 1. The predicted octanol–water partition coefficient (Wildman–Crippen LogP) is 4.23. The molecule has 156 valence electrons. The molecule has 2 fully saturated rings. The Bertz CT molecular complexity index is 964. The number of benzene rings is 1. The number of ether oxygens (including phenoxy) is 1. The molecule has 1 N–H and O–H groups in total. The molecular formula is C24H26N2O4. The number of aliphatic hydroxyl groups is 1. The summed E-state index contributed by atoms with van der Waals surface area (Å²) < 4.78 is 5.66. The second kappa shape index (κ2) is 8.69. The van der Waals surface area contributed by atoms with Gasteiger partial charge in [-0.3, -0.25) is 14.6 Å². The van der Waals surface area contributed by atoms with E-state index >= 15 is 0 Å². The second-order valence-corrected chi connectivity index (χ2v) is 7.78. The topological polar surface area (TPSA) is 79.7 Å². The summed E-state index contributed by atoms with van der Waals surface area (Å²) in [6, 6.07) is 11.7. The maximum Gasteiger partial charge on any atom is 0.295 e. The Morgan fingerprint density at radius 3 is 2.67 bits per heavy atom. The number of likely N-dealkylation sites (tertiary alicyclic amines) is 1. The largest absolute Gasteiger partial charge is 0.507 e. The number of aromatic nitrogens is 1. The van der Waals surface area contributed by atoms with Crippen LogP contribution in [0.15, 0.2) is 54.2 Å². The summed E-state index contributed by atoms with van der Waals surface area (Å²) in [4.78, 5) is 32.1. The summed E-state index contributed by atoms with van der Waals surface area (Å²) in [6.07, 6.45) is 6.28. The van der Waals surface area contributed by atoms with E-state index in [1.54, 1.807) is 47.5 Å². The zero-order chi connectivity index (χ0) is 21.1. The molecule has 0 spiro atoms. The van der Waals surface area contributed by atoms with E-state index in [-0.39, 0.29) is 17.4 Å². The van der Waals surface area contributed by atoms with Gasteiger partial charge >= 0.3 is 0 Å². The number of aliphatic hydroxyl groups excluding tert-OH is 1. The zero-order valence-corrected chi connectivity index (χ0v) is 17.1. The number of ketones is 1. The van der Waals surface area contributed by atoms with Crippen LogP contribution in [0.1, 0.15) is 56.3 Å². The van der Waals surface area contributed by atoms with E-state index in [2.05, 4.69) is 4.98 Å². The lowest BCUT2D eigenvalue weighted by Gasteiger charge is -2.30. The molecule has 2 heterocycles. The summed E-state index contributed by atoms with van der Waals surface area (Å²) in [7, 11) is 0. The van der Waals surface area contributed by atoms with Gasteiger partial charge in [0.2, 0.25) is 0 Å². The molecule has 1 unspecified atom stereocenters. The fraction of sp³-hybridized carbons (Fsp3) is 0.375. The summed E-state index contributed by atoms with van der Waals surface area (Å²) in [6.45, 7) is 2.57. The van der Waals surface area contributed by atoms with Gasteiger partial charge in [0.15, 0.2) is 0 Å². The Labute approximate surface area is 176 Å². The number of Topliss-reactive ketones (excluding diaryl/α,β-unsaturated/α-hetero) is 1. The normalized spacial score (nSPS) is 21.4. The van der Waals surface area contributed by atoms with Crippen LogP contribution < -0.4 is 4.74 Å². The van der Waals surface area contributed by atoms with E-state index in [1.165, 1.54) is 0 Å². The monoisotopic (exact) mass is 406 g/mol. The molecule has 1 aromatic heterocycles. The van der Waals surface area contributed by atoms with Gasteiger partial charge in [-0.2, -0.15) is 0 Å². The standard InChI is InChI=1S/C24H26N2O4/c1-2-14-30-18-11-7-8-16(15-18)22(27)20-21(19-12-5-6-13-25-19)26(24(29)23(20)28)17-9-3-4-10-17/h5-8,11-13,15,17,21,27H,2-4,9-10,14H2,1H3/b22-20-. The van der Waals surface area contributed by atoms with Crippen molar-refractivity contribution in [3.05, 3.63) is 65.5 Å². The van der Waals surface area contributed by atoms with Crippen LogP contribution in [0.4, 0.5) is 0 Å². The van der Waals surface area contributed by atoms with Gasteiger partial charge in [0.1, 0.15) is 17.6 Å². The van der Waals surface area contributed by atoms with Crippen molar-refractivity contribution in [3.8, 4) is 5.75 Å². The van der Waals surface area contributed by atoms with Crippen LogP contribution >= 0.6 is 0 Å². The highest BCUT2D eigenvalue weighted by Gasteiger charge is 2.49. The van der Waals surface area contributed by atoms with Crippen molar-refractivity contribution < 1.29 is 19.4 Å². The average Bonchev–Trinajstić information content (AvgIpc) is 3.39. The lowest BCUT2D eigenvalue weighted by molar-refractivity contribution is -0.141. The smallest absolute Gasteiger partial charge is 0.295 e. The molecular weight excluding hydrogens is 380 g/mol. The fourth-order valence-electron chi connectivity index (χ4n) is 4.35. The van der Waals surface area contributed by atoms with Gasteiger partial charge in [0.25, 0.3) is 11.7 Å². The Morgan fingerprint density at radius 2 is 1.97 bits per heavy atom. The molecule has 1 aliphatic heterocycles. The van der Waals surface area contributed by atoms with Crippen molar-refractivity contribution in [3.63, 3.8) is 0 Å². The number of rotatable bonds is 6. The van der Waals surface area contributed by atoms with Gasteiger partial charge in [0.05, 0.1) is 17.9 Å².